The Bertz CT molecular complexity index is 593. The molecule has 0 fully saturated rings. The number of hydrazine groups is 1. The van der Waals surface area contributed by atoms with Crippen molar-refractivity contribution in [2.45, 2.75) is 40.2 Å². The first-order valence-corrected chi connectivity index (χ1v) is 7.38. The molecule has 4 N–H and O–H groups in total. The fraction of sp³-hybridized carbons (Fsp3) is 0.462. The molecule has 0 atom stereocenters. The van der Waals surface area contributed by atoms with E-state index in [1.807, 2.05) is 19.4 Å². The van der Waals surface area contributed by atoms with E-state index >= 15 is 0 Å². The molecule has 2 aromatic rings. The molecule has 0 aliphatic rings. The van der Waals surface area contributed by atoms with E-state index < -0.39 is 0 Å². The van der Waals surface area contributed by atoms with Gasteiger partial charge >= 0.3 is 0 Å². The van der Waals surface area contributed by atoms with Crippen molar-refractivity contribution in [3.05, 3.63) is 27.5 Å². The van der Waals surface area contributed by atoms with Gasteiger partial charge in [0.05, 0.1) is 17.7 Å². The maximum atomic E-state index is 5.53. The van der Waals surface area contributed by atoms with Crippen LogP contribution in [0.15, 0.2) is 5.51 Å². The number of nitrogens with one attached hydrogen (secondary N) is 2. The van der Waals surface area contributed by atoms with Gasteiger partial charge in [-0.2, -0.15) is 0 Å². The standard InChI is InChI=1S/C13H20N6S/c1-7(2)11-17-12(8(3)13(18-11)19-14)15-5-10-9(4)16-6-20-10/h6-7H,5,14H2,1-4H3,(H2,15,17,18,19). The molecule has 108 valence electrons. The number of rotatable bonds is 5. The van der Waals surface area contributed by atoms with Gasteiger partial charge in [0.1, 0.15) is 17.5 Å². The SMILES string of the molecule is Cc1ncsc1CNc1nc(C(C)C)nc(NN)c1C. The molecule has 0 unspecified atom stereocenters. The summed E-state index contributed by atoms with van der Waals surface area (Å²) in [5.74, 6) is 8.01. The lowest BCUT2D eigenvalue weighted by Crippen LogP contribution is -2.15. The summed E-state index contributed by atoms with van der Waals surface area (Å²) in [7, 11) is 0. The Kier molecular flexibility index (Phi) is 4.51. The van der Waals surface area contributed by atoms with Crippen LogP contribution in [0.4, 0.5) is 11.6 Å². The second-order valence-corrected chi connectivity index (χ2v) is 5.86. The van der Waals surface area contributed by atoms with E-state index in [-0.39, 0.29) is 5.92 Å². The van der Waals surface area contributed by atoms with Gasteiger partial charge in [-0.05, 0) is 13.8 Å². The van der Waals surface area contributed by atoms with Gasteiger partial charge in [-0.3, -0.25) is 0 Å². The number of thiazole rings is 1. The average molecular weight is 292 g/mol. The second-order valence-electron chi connectivity index (χ2n) is 4.92. The summed E-state index contributed by atoms with van der Waals surface area (Å²) in [6.45, 7) is 8.77. The van der Waals surface area contributed by atoms with Crippen molar-refractivity contribution in [1.82, 2.24) is 15.0 Å². The Hall–Kier alpha value is -1.73. The lowest BCUT2D eigenvalue weighted by atomic mass is 10.2. The Balaban J connectivity index is 2.26. The number of hydrogen-bond acceptors (Lipinski definition) is 7. The van der Waals surface area contributed by atoms with Crippen LogP contribution in [0.3, 0.4) is 0 Å². The van der Waals surface area contributed by atoms with E-state index in [2.05, 4.69) is 39.5 Å². The van der Waals surface area contributed by atoms with Crippen LogP contribution >= 0.6 is 11.3 Å². The molecule has 0 amide bonds. The number of nitrogens with two attached hydrogens (primary N) is 1. The Morgan fingerprint density at radius 3 is 2.50 bits per heavy atom. The molecule has 0 bridgehead atoms. The number of nitrogen functional groups attached to an aromatic ring is 1. The number of aromatic nitrogens is 3. The smallest absolute Gasteiger partial charge is 0.148 e. The molecule has 7 heteroatoms. The molecule has 6 nitrogen and oxygen atoms in total. The molecule has 2 rings (SSSR count). The molecular weight excluding hydrogens is 272 g/mol. The quantitative estimate of drug-likeness (QED) is 0.580. The van der Waals surface area contributed by atoms with E-state index in [1.165, 1.54) is 4.88 Å². The zero-order valence-electron chi connectivity index (χ0n) is 12.2. The minimum atomic E-state index is 0.244. The van der Waals surface area contributed by atoms with E-state index in [4.69, 9.17) is 5.84 Å². The highest BCUT2D eigenvalue weighted by atomic mass is 32.1. The van der Waals surface area contributed by atoms with Crippen LogP contribution in [0.25, 0.3) is 0 Å². The summed E-state index contributed by atoms with van der Waals surface area (Å²) in [4.78, 5) is 14.4. The number of nitrogens with zero attached hydrogens (tertiary/aromatic N) is 3. The number of anilines is 2. The Morgan fingerprint density at radius 1 is 1.25 bits per heavy atom. The topological polar surface area (TPSA) is 88.8 Å². The maximum Gasteiger partial charge on any atom is 0.148 e. The van der Waals surface area contributed by atoms with Crippen molar-refractivity contribution in [3.63, 3.8) is 0 Å². The van der Waals surface area contributed by atoms with Crippen LogP contribution in [0.2, 0.25) is 0 Å². The summed E-state index contributed by atoms with van der Waals surface area (Å²) in [5.41, 5.74) is 6.45. The lowest BCUT2D eigenvalue weighted by Gasteiger charge is -2.14. The minimum absolute atomic E-state index is 0.244. The highest BCUT2D eigenvalue weighted by Crippen LogP contribution is 2.23. The van der Waals surface area contributed by atoms with Gasteiger partial charge in [0.2, 0.25) is 0 Å². The zero-order valence-corrected chi connectivity index (χ0v) is 13.0. The second kappa shape index (κ2) is 6.15. The van der Waals surface area contributed by atoms with Crippen molar-refractivity contribution in [3.8, 4) is 0 Å². The molecular formula is C13H20N6S. The van der Waals surface area contributed by atoms with Gasteiger partial charge in [-0.25, -0.2) is 20.8 Å². The zero-order chi connectivity index (χ0) is 14.7. The van der Waals surface area contributed by atoms with Crippen LogP contribution in [-0.2, 0) is 6.54 Å². The van der Waals surface area contributed by atoms with Crippen LogP contribution in [0.5, 0.6) is 0 Å². The first kappa shape index (κ1) is 14.7. The Morgan fingerprint density at radius 2 is 1.95 bits per heavy atom. The van der Waals surface area contributed by atoms with Crippen molar-refractivity contribution < 1.29 is 0 Å². The highest BCUT2D eigenvalue weighted by molar-refractivity contribution is 7.09. The third-order valence-electron chi connectivity index (χ3n) is 3.08. The van der Waals surface area contributed by atoms with Crippen molar-refractivity contribution >= 4 is 23.0 Å². The maximum absolute atomic E-state index is 5.53. The number of hydrogen-bond donors (Lipinski definition) is 3. The molecule has 0 spiro atoms. The van der Waals surface area contributed by atoms with Crippen LogP contribution < -0.4 is 16.6 Å². The molecule has 0 aliphatic carbocycles. The highest BCUT2D eigenvalue weighted by Gasteiger charge is 2.13. The predicted molar refractivity (Wildman–Crippen MR) is 82.8 cm³/mol. The molecule has 20 heavy (non-hydrogen) atoms. The molecule has 2 heterocycles. The fourth-order valence-corrected chi connectivity index (χ4v) is 2.48. The number of aryl methyl sites for hydroxylation is 1. The Labute approximate surface area is 122 Å². The van der Waals surface area contributed by atoms with Gasteiger partial charge in [0.15, 0.2) is 0 Å². The van der Waals surface area contributed by atoms with E-state index in [9.17, 15) is 0 Å². The lowest BCUT2D eigenvalue weighted by molar-refractivity contribution is 0.772. The summed E-state index contributed by atoms with van der Waals surface area (Å²) in [6.07, 6.45) is 0. The van der Waals surface area contributed by atoms with E-state index in [1.54, 1.807) is 11.3 Å². The van der Waals surface area contributed by atoms with Crippen LogP contribution in [0, 0.1) is 13.8 Å². The third-order valence-corrected chi connectivity index (χ3v) is 4.01. The minimum Gasteiger partial charge on any atom is -0.365 e. The van der Waals surface area contributed by atoms with Gasteiger partial charge < -0.3 is 10.7 Å². The first-order valence-electron chi connectivity index (χ1n) is 6.51. The molecule has 0 saturated carbocycles. The van der Waals surface area contributed by atoms with Crippen LogP contribution in [0.1, 0.15) is 41.7 Å². The van der Waals surface area contributed by atoms with Crippen LogP contribution in [-0.4, -0.2) is 15.0 Å². The normalized spacial score (nSPS) is 10.9. The summed E-state index contributed by atoms with van der Waals surface area (Å²) in [5, 5.41) is 3.35. The van der Waals surface area contributed by atoms with Crippen molar-refractivity contribution in [2.75, 3.05) is 10.7 Å². The summed E-state index contributed by atoms with van der Waals surface area (Å²) < 4.78 is 0. The third kappa shape index (κ3) is 3.05. The molecule has 0 radical (unpaired) electrons. The predicted octanol–water partition coefficient (Wildman–Crippen LogP) is 2.57. The average Bonchev–Trinajstić information content (AvgIpc) is 2.83. The fourth-order valence-electron chi connectivity index (χ4n) is 1.76. The monoisotopic (exact) mass is 292 g/mol. The summed E-state index contributed by atoms with van der Waals surface area (Å²) in [6, 6.07) is 0. The molecule has 0 saturated heterocycles. The first-order chi connectivity index (χ1) is 9.52. The molecule has 2 aromatic heterocycles. The van der Waals surface area contributed by atoms with E-state index in [0.29, 0.717) is 12.4 Å². The van der Waals surface area contributed by atoms with Crippen molar-refractivity contribution in [1.29, 1.82) is 0 Å². The summed E-state index contributed by atoms with van der Waals surface area (Å²) >= 11 is 1.64. The van der Waals surface area contributed by atoms with Crippen molar-refractivity contribution in [2.24, 2.45) is 5.84 Å². The molecule has 0 aromatic carbocycles. The van der Waals surface area contributed by atoms with Gasteiger partial charge in [-0.1, -0.05) is 13.8 Å². The van der Waals surface area contributed by atoms with E-state index in [0.717, 1.165) is 22.9 Å². The van der Waals surface area contributed by atoms with Gasteiger partial charge in [0, 0.05) is 16.4 Å². The van der Waals surface area contributed by atoms with Gasteiger partial charge in [-0.15, -0.1) is 11.3 Å². The largest absolute Gasteiger partial charge is 0.365 e. The van der Waals surface area contributed by atoms with Gasteiger partial charge in [0.25, 0.3) is 0 Å². The molecule has 0 aliphatic heterocycles.